The Kier molecular flexibility index (Phi) is 8.36. The molecule has 0 aromatic heterocycles. The fourth-order valence-corrected chi connectivity index (χ4v) is 8.73. The van der Waals surface area contributed by atoms with Gasteiger partial charge in [-0.3, -0.25) is 0 Å². The van der Waals surface area contributed by atoms with E-state index in [2.05, 4.69) is 126 Å². The second-order valence-corrected chi connectivity index (χ2v) is 12.4. The number of hydrogen-bond donors (Lipinski definition) is 1. The maximum Gasteiger partial charge on any atom is 0.262 e. The lowest BCUT2D eigenvalue weighted by Crippen LogP contribution is -2.38. The maximum atomic E-state index is 10.0. The van der Waals surface area contributed by atoms with Crippen LogP contribution in [0.15, 0.2) is 146 Å². The fourth-order valence-electron chi connectivity index (χ4n) is 4.12. The van der Waals surface area contributed by atoms with Crippen molar-refractivity contribution >= 4 is 38.9 Å². The molecule has 0 radical (unpaired) electrons. The van der Waals surface area contributed by atoms with Crippen LogP contribution in [0.25, 0.3) is 0 Å². The zero-order chi connectivity index (χ0) is 26.1. The summed E-state index contributed by atoms with van der Waals surface area (Å²) in [5, 5.41) is 14.3. The second-order valence-electron chi connectivity index (χ2n) is 8.00. The van der Waals surface area contributed by atoms with E-state index in [-0.39, 0.29) is 11.5 Å². The first-order chi connectivity index (χ1) is 17.9. The molecule has 5 aromatic carbocycles. The third kappa shape index (κ3) is 6.43. The minimum atomic E-state index is -4.72. The molecule has 7 heteroatoms. The number of hydrogen-bond acceptors (Lipinski definition) is 5. The van der Waals surface area contributed by atoms with Crippen LogP contribution in [0.1, 0.15) is 0 Å². The van der Waals surface area contributed by atoms with E-state index in [0.29, 0.717) is 0 Å². The Morgan fingerprint density at radius 1 is 0.514 bits per heavy atom. The second kappa shape index (κ2) is 11.8. The average molecular weight is 529 g/mol. The standard InChI is InChI=1S/C24H20P.C6H6O5S/c1-5-13-21(14-6-1)25(22-15-7-2-8-16-22,23-17-9-3-10-18-23)24-19-11-4-12-20-24;7-5-1-3-6(4-2-5)11-12(8,9)10/h1-20H;1-4,7H,(H,8,9,10)/q+1;/p-1. The highest BCUT2D eigenvalue weighted by Crippen LogP contribution is 2.53. The summed E-state index contributed by atoms with van der Waals surface area (Å²) >= 11 is 0. The van der Waals surface area contributed by atoms with Gasteiger partial charge in [0.2, 0.25) is 0 Å². The topological polar surface area (TPSA) is 86.7 Å². The monoisotopic (exact) mass is 528 g/mol. The van der Waals surface area contributed by atoms with Crippen LogP contribution >= 0.6 is 7.26 Å². The number of aromatic hydroxyl groups is 1. The Morgan fingerprint density at radius 3 is 1.08 bits per heavy atom. The summed E-state index contributed by atoms with van der Waals surface area (Å²) in [4.78, 5) is 0. The zero-order valence-corrected chi connectivity index (χ0v) is 21.5. The van der Waals surface area contributed by atoms with Gasteiger partial charge in [-0.15, -0.1) is 0 Å². The number of rotatable bonds is 6. The third-order valence-electron chi connectivity index (χ3n) is 5.61. The molecule has 1 N–H and O–H groups in total. The summed E-state index contributed by atoms with van der Waals surface area (Å²) in [7, 11) is -6.63. The predicted octanol–water partition coefficient (Wildman–Crippen LogP) is 4.54. The van der Waals surface area contributed by atoms with Crippen LogP contribution in [-0.2, 0) is 10.4 Å². The normalized spacial score (nSPS) is 11.2. The van der Waals surface area contributed by atoms with E-state index in [1.165, 1.54) is 45.5 Å². The molecule has 0 aliphatic rings. The van der Waals surface area contributed by atoms with Crippen LogP contribution in [0, 0.1) is 0 Å². The van der Waals surface area contributed by atoms with Crippen LogP contribution in [0.3, 0.4) is 0 Å². The van der Waals surface area contributed by atoms with Gasteiger partial charge in [0.05, 0.1) is 0 Å². The highest BCUT2D eigenvalue weighted by atomic mass is 32.3. The summed E-state index contributed by atoms with van der Waals surface area (Å²) in [5.41, 5.74) is 0. The highest BCUT2D eigenvalue weighted by Gasteiger charge is 2.47. The van der Waals surface area contributed by atoms with Crippen LogP contribution in [0.5, 0.6) is 11.5 Å². The molecule has 0 saturated carbocycles. The van der Waals surface area contributed by atoms with Crippen molar-refractivity contribution < 1.29 is 22.3 Å². The molecular formula is C30H25O5PS. The molecule has 0 aliphatic heterocycles. The Labute approximate surface area is 217 Å². The Morgan fingerprint density at radius 2 is 0.811 bits per heavy atom. The minimum absolute atomic E-state index is 0.0364. The van der Waals surface area contributed by atoms with Crippen LogP contribution in [0.4, 0.5) is 0 Å². The molecule has 5 rings (SSSR count). The molecule has 0 saturated heterocycles. The smallest absolute Gasteiger partial charge is 0.262 e. The first-order valence-corrected chi connectivity index (χ1v) is 14.6. The summed E-state index contributed by atoms with van der Waals surface area (Å²) in [5.74, 6) is -0.159. The lowest BCUT2D eigenvalue weighted by molar-refractivity contribution is 0.372. The summed E-state index contributed by atoms with van der Waals surface area (Å²) in [6, 6.07) is 48.6. The van der Waals surface area contributed by atoms with Gasteiger partial charge in [-0.05, 0) is 72.8 Å². The molecule has 37 heavy (non-hydrogen) atoms. The van der Waals surface area contributed by atoms with Gasteiger partial charge in [0.15, 0.2) is 0 Å². The van der Waals surface area contributed by atoms with Crippen molar-refractivity contribution in [1.29, 1.82) is 0 Å². The summed E-state index contributed by atoms with van der Waals surface area (Å²) in [6.07, 6.45) is 0. The van der Waals surface area contributed by atoms with E-state index < -0.39 is 17.7 Å². The van der Waals surface area contributed by atoms with Crippen molar-refractivity contribution in [3.05, 3.63) is 146 Å². The highest BCUT2D eigenvalue weighted by molar-refractivity contribution is 8.01. The first-order valence-electron chi connectivity index (χ1n) is 11.5. The summed E-state index contributed by atoms with van der Waals surface area (Å²) < 4.78 is 34.1. The average Bonchev–Trinajstić information content (AvgIpc) is 2.93. The molecule has 0 amide bonds. The molecule has 0 bridgehead atoms. The van der Waals surface area contributed by atoms with Crippen molar-refractivity contribution in [3.8, 4) is 11.5 Å². The van der Waals surface area contributed by atoms with Crippen LogP contribution < -0.4 is 25.4 Å². The molecule has 0 fully saturated rings. The molecule has 5 aromatic rings. The molecule has 0 unspecified atom stereocenters. The lowest BCUT2D eigenvalue weighted by atomic mass is 10.3. The quantitative estimate of drug-likeness (QED) is 0.199. The van der Waals surface area contributed by atoms with E-state index in [1.807, 2.05) is 0 Å². The van der Waals surface area contributed by atoms with Crippen molar-refractivity contribution in [3.63, 3.8) is 0 Å². The van der Waals surface area contributed by atoms with E-state index >= 15 is 0 Å². The predicted molar refractivity (Wildman–Crippen MR) is 150 cm³/mol. The van der Waals surface area contributed by atoms with Gasteiger partial charge in [0, 0.05) is 0 Å². The molecule has 186 valence electrons. The van der Waals surface area contributed by atoms with Gasteiger partial charge < -0.3 is 13.8 Å². The van der Waals surface area contributed by atoms with Crippen molar-refractivity contribution in [2.75, 3.05) is 0 Å². The number of phenolic OH excluding ortho intramolecular Hbond substituents is 1. The third-order valence-corrected chi connectivity index (χ3v) is 10.3. The SMILES string of the molecule is O=S(=O)([O-])Oc1ccc(O)cc1.c1ccc([P+](c2ccccc2)(c2ccccc2)c2ccccc2)cc1. The van der Waals surface area contributed by atoms with E-state index in [1.54, 1.807) is 0 Å². The lowest BCUT2D eigenvalue weighted by Gasteiger charge is -2.27. The van der Waals surface area contributed by atoms with Gasteiger partial charge in [0.25, 0.3) is 10.4 Å². The molecule has 0 spiro atoms. The van der Waals surface area contributed by atoms with Crippen LogP contribution in [0.2, 0.25) is 0 Å². The fraction of sp³-hybridized carbons (Fsp3) is 0. The Hall–Kier alpha value is -3.96. The van der Waals surface area contributed by atoms with Crippen LogP contribution in [-0.4, -0.2) is 18.1 Å². The van der Waals surface area contributed by atoms with E-state index in [9.17, 15) is 13.0 Å². The number of benzene rings is 5. The van der Waals surface area contributed by atoms with Crippen molar-refractivity contribution in [2.45, 2.75) is 0 Å². The van der Waals surface area contributed by atoms with Gasteiger partial charge in [-0.25, -0.2) is 8.42 Å². The molecule has 0 atom stereocenters. The minimum Gasteiger partial charge on any atom is -0.716 e. The zero-order valence-electron chi connectivity index (χ0n) is 19.8. The van der Waals surface area contributed by atoms with E-state index in [0.717, 1.165) is 0 Å². The van der Waals surface area contributed by atoms with Gasteiger partial charge >= 0.3 is 0 Å². The van der Waals surface area contributed by atoms with Gasteiger partial charge in [0.1, 0.15) is 40.0 Å². The maximum absolute atomic E-state index is 10.0. The summed E-state index contributed by atoms with van der Waals surface area (Å²) in [6.45, 7) is 0. The van der Waals surface area contributed by atoms with Gasteiger partial charge in [-0.1, -0.05) is 72.8 Å². The van der Waals surface area contributed by atoms with Crippen molar-refractivity contribution in [2.24, 2.45) is 0 Å². The first kappa shape index (κ1) is 26.1. The molecule has 0 heterocycles. The van der Waals surface area contributed by atoms with Gasteiger partial charge in [-0.2, -0.15) is 0 Å². The molecule has 0 aliphatic carbocycles. The Balaban J connectivity index is 0.000000225. The largest absolute Gasteiger partial charge is 0.716 e. The molecular weight excluding hydrogens is 503 g/mol. The number of phenols is 1. The molecule has 5 nitrogen and oxygen atoms in total. The van der Waals surface area contributed by atoms with E-state index in [4.69, 9.17) is 5.11 Å². The van der Waals surface area contributed by atoms with Crippen molar-refractivity contribution in [1.82, 2.24) is 0 Å². The Bertz CT molecular complexity index is 1330.